The largest absolute Gasteiger partial charge is 0.444 e. The monoisotopic (exact) mass is 373 g/mol. The standard InChI is InChI=1S/C20H27N3O2S/c1-14-15(2)25-19(21-14)12-22-7-5-20(6-8-22)10-18(20)23(16(3)24)11-17-4-9-26-13-17/h4,9,13,18H,5-8,10-12H2,1-3H3/t18-/m0/s1. The molecule has 0 aromatic carbocycles. The number of aromatic nitrogens is 1. The summed E-state index contributed by atoms with van der Waals surface area (Å²) in [6, 6.07) is 2.53. The minimum absolute atomic E-state index is 0.200. The highest BCUT2D eigenvalue weighted by atomic mass is 32.1. The summed E-state index contributed by atoms with van der Waals surface area (Å²) in [5, 5.41) is 4.23. The molecular weight excluding hydrogens is 346 g/mol. The Balaban J connectivity index is 1.34. The topological polar surface area (TPSA) is 49.6 Å². The number of oxazole rings is 1. The Labute approximate surface area is 159 Å². The van der Waals surface area contributed by atoms with Gasteiger partial charge in [-0.05, 0) is 74.0 Å². The molecule has 2 aromatic rings. The van der Waals surface area contributed by atoms with E-state index in [9.17, 15) is 4.79 Å². The lowest BCUT2D eigenvalue weighted by Gasteiger charge is -2.34. The number of carbonyl (C=O) groups excluding carboxylic acids is 1. The maximum atomic E-state index is 12.2. The van der Waals surface area contributed by atoms with Gasteiger partial charge in [0.1, 0.15) is 5.76 Å². The highest BCUT2D eigenvalue weighted by Gasteiger charge is 2.58. The van der Waals surface area contributed by atoms with Crippen molar-refractivity contribution in [2.45, 2.75) is 59.2 Å². The van der Waals surface area contributed by atoms with Gasteiger partial charge >= 0.3 is 0 Å². The van der Waals surface area contributed by atoms with Gasteiger partial charge in [0.25, 0.3) is 0 Å². The second kappa shape index (κ2) is 6.82. The van der Waals surface area contributed by atoms with Gasteiger partial charge in [-0.15, -0.1) is 0 Å². The molecule has 0 radical (unpaired) electrons. The summed E-state index contributed by atoms with van der Waals surface area (Å²) in [5.74, 6) is 1.94. The van der Waals surface area contributed by atoms with Crippen LogP contribution in [0.4, 0.5) is 0 Å². The molecule has 4 rings (SSSR count). The first-order chi connectivity index (χ1) is 12.5. The number of amides is 1. The van der Waals surface area contributed by atoms with Crippen LogP contribution in [0.2, 0.25) is 0 Å². The van der Waals surface area contributed by atoms with E-state index in [2.05, 4.69) is 31.6 Å². The van der Waals surface area contributed by atoms with Gasteiger partial charge in [0.2, 0.25) is 11.8 Å². The zero-order chi connectivity index (χ0) is 18.3. The molecule has 140 valence electrons. The van der Waals surface area contributed by atoms with Crippen LogP contribution in [0.1, 0.15) is 49.1 Å². The second-order valence-corrected chi connectivity index (χ2v) is 8.67. The number of nitrogens with zero attached hydrogens (tertiary/aromatic N) is 3. The summed E-state index contributed by atoms with van der Waals surface area (Å²) < 4.78 is 5.73. The van der Waals surface area contributed by atoms with Gasteiger partial charge in [-0.2, -0.15) is 11.3 Å². The summed E-state index contributed by atoms with van der Waals surface area (Å²) in [5.41, 5.74) is 2.57. The van der Waals surface area contributed by atoms with Crippen LogP contribution < -0.4 is 0 Å². The Bertz CT molecular complexity index is 756. The zero-order valence-electron chi connectivity index (χ0n) is 15.8. The molecule has 1 aliphatic heterocycles. The van der Waals surface area contributed by atoms with Crippen molar-refractivity contribution in [2.24, 2.45) is 5.41 Å². The number of piperidine rings is 1. The SMILES string of the molecule is CC(=O)N(Cc1ccsc1)[C@H]1CC12CCN(Cc1nc(C)c(C)o1)CC2. The molecule has 1 aliphatic carbocycles. The molecule has 26 heavy (non-hydrogen) atoms. The fourth-order valence-electron chi connectivity index (χ4n) is 4.28. The number of likely N-dealkylation sites (tertiary alicyclic amines) is 1. The molecule has 0 unspecified atom stereocenters. The normalized spacial score (nSPS) is 21.9. The molecule has 6 heteroatoms. The van der Waals surface area contributed by atoms with Gasteiger partial charge in [0.15, 0.2) is 0 Å². The predicted molar refractivity (Wildman–Crippen MR) is 102 cm³/mol. The molecule has 2 aliphatic rings. The Morgan fingerprint density at radius 3 is 2.77 bits per heavy atom. The molecule has 1 atom stereocenters. The third-order valence-corrected chi connectivity index (χ3v) is 6.88. The van der Waals surface area contributed by atoms with Gasteiger partial charge in [-0.3, -0.25) is 9.69 Å². The summed E-state index contributed by atoms with van der Waals surface area (Å²) in [7, 11) is 0. The molecule has 3 heterocycles. The minimum Gasteiger partial charge on any atom is -0.444 e. The second-order valence-electron chi connectivity index (χ2n) is 7.89. The first-order valence-electron chi connectivity index (χ1n) is 9.40. The fourth-order valence-corrected chi connectivity index (χ4v) is 4.94. The number of hydrogen-bond acceptors (Lipinski definition) is 5. The zero-order valence-corrected chi connectivity index (χ0v) is 16.6. The Kier molecular flexibility index (Phi) is 4.65. The average molecular weight is 374 g/mol. The molecule has 1 saturated carbocycles. The number of carbonyl (C=O) groups is 1. The molecule has 0 bridgehead atoms. The number of rotatable bonds is 5. The van der Waals surface area contributed by atoms with E-state index < -0.39 is 0 Å². The highest BCUT2D eigenvalue weighted by molar-refractivity contribution is 7.07. The number of aryl methyl sites for hydroxylation is 2. The van der Waals surface area contributed by atoms with Crippen LogP contribution in [0.3, 0.4) is 0 Å². The van der Waals surface area contributed by atoms with E-state index in [1.54, 1.807) is 18.3 Å². The lowest BCUT2D eigenvalue weighted by molar-refractivity contribution is -0.130. The molecule has 2 aromatic heterocycles. The quantitative estimate of drug-likeness (QED) is 0.801. The lowest BCUT2D eigenvalue weighted by Crippen LogP contribution is -2.39. The van der Waals surface area contributed by atoms with E-state index in [-0.39, 0.29) is 5.91 Å². The van der Waals surface area contributed by atoms with E-state index in [1.165, 1.54) is 5.56 Å². The number of thiophene rings is 1. The Morgan fingerprint density at radius 1 is 1.42 bits per heavy atom. The molecule has 1 saturated heterocycles. The maximum Gasteiger partial charge on any atom is 0.220 e. The minimum atomic E-state index is 0.200. The van der Waals surface area contributed by atoms with Crippen molar-refractivity contribution in [3.8, 4) is 0 Å². The van der Waals surface area contributed by atoms with Crippen LogP contribution in [0.15, 0.2) is 21.2 Å². The Hall–Kier alpha value is -1.66. The van der Waals surface area contributed by atoms with Crippen molar-refractivity contribution in [1.82, 2.24) is 14.8 Å². The van der Waals surface area contributed by atoms with Gasteiger partial charge in [0, 0.05) is 19.5 Å². The van der Waals surface area contributed by atoms with Crippen molar-refractivity contribution >= 4 is 17.2 Å². The van der Waals surface area contributed by atoms with Gasteiger partial charge in [0.05, 0.1) is 12.2 Å². The van der Waals surface area contributed by atoms with E-state index in [0.29, 0.717) is 11.5 Å². The third-order valence-electron chi connectivity index (χ3n) is 6.14. The van der Waals surface area contributed by atoms with Crippen LogP contribution in [0.5, 0.6) is 0 Å². The lowest BCUT2D eigenvalue weighted by atomic mass is 9.92. The number of hydrogen-bond donors (Lipinski definition) is 0. The van der Waals surface area contributed by atoms with Gasteiger partial charge in [-0.25, -0.2) is 4.98 Å². The van der Waals surface area contributed by atoms with Crippen molar-refractivity contribution in [2.75, 3.05) is 13.1 Å². The van der Waals surface area contributed by atoms with Gasteiger partial charge < -0.3 is 9.32 Å². The summed E-state index contributed by atoms with van der Waals surface area (Å²) in [6.07, 6.45) is 3.47. The van der Waals surface area contributed by atoms with Crippen LogP contribution in [-0.4, -0.2) is 39.8 Å². The molecule has 2 fully saturated rings. The van der Waals surface area contributed by atoms with Crippen LogP contribution in [-0.2, 0) is 17.9 Å². The molecular formula is C20H27N3O2S. The van der Waals surface area contributed by atoms with E-state index >= 15 is 0 Å². The maximum absolute atomic E-state index is 12.2. The van der Waals surface area contributed by atoms with Crippen LogP contribution in [0.25, 0.3) is 0 Å². The fraction of sp³-hybridized carbons (Fsp3) is 0.600. The van der Waals surface area contributed by atoms with Crippen molar-refractivity contribution in [3.63, 3.8) is 0 Å². The predicted octanol–water partition coefficient (Wildman–Crippen LogP) is 3.76. The summed E-state index contributed by atoms with van der Waals surface area (Å²) >= 11 is 1.70. The van der Waals surface area contributed by atoms with Crippen molar-refractivity contribution in [1.29, 1.82) is 0 Å². The first kappa shape index (κ1) is 17.7. The molecule has 0 N–H and O–H groups in total. The molecule has 1 amide bonds. The highest BCUT2D eigenvalue weighted by Crippen LogP contribution is 2.57. The first-order valence-corrected chi connectivity index (χ1v) is 10.3. The van der Waals surface area contributed by atoms with Crippen molar-refractivity contribution < 1.29 is 9.21 Å². The Morgan fingerprint density at radius 2 is 2.19 bits per heavy atom. The third kappa shape index (κ3) is 3.45. The van der Waals surface area contributed by atoms with Crippen LogP contribution >= 0.6 is 11.3 Å². The average Bonchev–Trinajstić information content (AvgIpc) is 2.93. The van der Waals surface area contributed by atoms with Crippen molar-refractivity contribution in [3.05, 3.63) is 39.7 Å². The molecule has 5 nitrogen and oxygen atoms in total. The summed E-state index contributed by atoms with van der Waals surface area (Å²) in [4.78, 5) is 21.2. The van der Waals surface area contributed by atoms with E-state index in [1.807, 2.05) is 13.8 Å². The van der Waals surface area contributed by atoms with Gasteiger partial charge in [-0.1, -0.05) is 0 Å². The smallest absolute Gasteiger partial charge is 0.220 e. The van der Waals surface area contributed by atoms with E-state index in [4.69, 9.17) is 4.42 Å². The summed E-state index contributed by atoms with van der Waals surface area (Å²) in [6.45, 7) is 9.33. The molecule has 1 spiro atoms. The van der Waals surface area contributed by atoms with E-state index in [0.717, 1.165) is 62.8 Å². The van der Waals surface area contributed by atoms with Crippen LogP contribution in [0, 0.1) is 19.3 Å².